The zero-order valence-electron chi connectivity index (χ0n) is 10.6. The molecular weight excluding hydrogens is 280 g/mol. The van der Waals surface area contributed by atoms with Gasteiger partial charge in [0.25, 0.3) is 0 Å². The highest BCUT2D eigenvalue weighted by atomic mass is 32.2. The largest absolute Gasteiger partial charge is 0.480 e. The quantitative estimate of drug-likeness (QED) is 0.854. The van der Waals surface area contributed by atoms with Gasteiger partial charge in [-0.15, -0.1) is 11.8 Å². The van der Waals surface area contributed by atoms with Crippen LogP contribution in [-0.4, -0.2) is 45.5 Å². The average Bonchev–Trinajstić information content (AvgIpc) is 2.90. The molecule has 2 atom stereocenters. The Morgan fingerprint density at radius 1 is 1.55 bits per heavy atom. The minimum atomic E-state index is -1.04. The number of rotatable bonds is 4. The Hall–Kier alpha value is -2.02. The van der Waals surface area contributed by atoms with Crippen molar-refractivity contribution in [3.05, 3.63) is 42.7 Å². The van der Waals surface area contributed by atoms with Crippen molar-refractivity contribution in [2.45, 2.75) is 11.4 Å². The number of nitrogens with zero attached hydrogens (tertiary/aromatic N) is 2. The number of carboxylic acids is 1. The smallest absolute Gasteiger partial charge is 0.412 e. The zero-order chi connectivity index (χ0) is 14.5. The second kappa shape index (κ2) is 6.42. The summed E-state index contributed by atoms with van der Waals surface area (Å²) in [6, 6.07) is 2.63. The van der Waals surface area contributed by atoms with E-state index in [0.717, 1.165) is 5.56 Å². The fraction of sp³-hybridized carbons (Fsp3) is 0.308. The van der Waals surface area contributed by atoms with E-state index in [9.17, 15) is 14.7 Å². The number of carboxylic acid groups (broad SMARTS) is 1. The van der Waals surface area contributed by atoms with Gasteiger partial charge in [-0.1, -0.05) is 12.7 Å². The fourth-order valence-corrected chi connectivity index (χ4v) is 3.32. The number of hydrogen-bond donors (Lipinski definition) is 1. The maximum Gasteiger partial charge on any atom is 0.412 e. The molecule has 106 valence electrons. The molecule has 1 aliphatic heterocycles. The SMILES string of the molecule is C=CCOC(=O)N1C(C(=O)O)CSC1c1ccncc1. The maximum atomic E-state index is 12.1. The molecule has 2 heterocycles. The van der Waals surface area contributed by atoms with E-state index in [1.165, 1.54) is 22.7 Å². The van der Waals surface area contributed by atoms with Crippen LogP contribution in [0.15, 0.2) is 37.2 Å². The summed E-state index contributed by atoms with van der Waals surface area (Å²) in [5.41, 5.74) is 0.823. The molecule has 1 fully saturated rings. The van der Waals surface area contributed by atoms with Crippen molar-refractivity contribution in [2.24, 2.45) is 0 Å². The van der Waals surface area contributed by atoms with Gasteiger partial charge < -0.3 is 9.84 Å². The van der Waals surface area contributed by atoms with E-state index in [0.29, 0.717) is 5.75 Å². The molecule has 7 heteroatoms. The number of ether oxygens (including phenoxy) is 1. The van der Waals surface area contributed by atoms with Crippen LogP contribution >= 0.6 is 11.8 Å². The summed E-state index contributed by atoms with van der Waals surface area (Å²) in [6.45, 7) is 3.52. The summed E-state index contributed by atoms with van der Waals surface area (Å²) in [6.07, 6.45) is 4.01. The third-order valence-corrected chi connectivity index (χ3v) is 4.14. The van der Waals surface area contributed by atoms with Gasteiger partial charge in [0.15, 0.2) is 0 Å². The van der Waals surface area contributed by atoms with Crippen molar-refractivity contribution in [3.8, 4) is 0 Å². The summed E-state index contributed by atoms with van der Waals surface area (Å²) in [5.74, 6) is -0.712. The predicted molar refractivity (Wildman–Crippen MR) is 74.2 cm³/mol. The molecule has 20 heavy (non-hydrogen) atoms. The molecule has 0 aromatic carbocycles. The van der Waals surface area contributed by atoms with Crippen molar-refractivity contribution in [1.29, 1.82) is 0 Å². The first-order valence-corrected chi connectivity index (χ1v) is 7.00. The van der Waals surface area contributed by atoms with Crippen LogP contribution in [0.2, 0.25) is 0 Å². The minimum Gasteiger partial charge on any atom is -0.480 e. The molecule has 0 radical (unpaired) electrons. The number of hydrogen-bond acceptors (Lipinski definition) is 5. The number of carbonyl (C=O) groups is 2. The van der Waals surface area contributed by atoms with Crippen LogP contribution in [0.5, 0.6) is 0 Å². The van der Waals surface area contributed by atoms with Crippen LogP contribution < -0.4 is 0 Å². The molecule has 1 N–H and O–H groups in total. The number of thioether (sulfide) groups is 1. The van der Waals surface area contributed by atoms with E-state index >= 15 is 0 Å². The maximum absolute atomic E-state index is 12.1. The van der Waals surface area contributed by atoms with E-state index in [1.54, 1.807) is 24.5 Å². The number of carbonyl (C=O) groups excluding carboxylic acids is 1. The first-order valence-electron chi connectivity index (χ1n) is 5.95. The monoisotopic (exact) mass is 294 g/mol. The third kappa shape index (κ3) is 2.93. The summed E-state index contributed by atoms with van der Waals surface area (Å²) in [7, 11) is 0. The summed E-state index contributed by atoms with van der Waals surface area (Å²) >= 11 is 1.39. The molecule has 0 spiro atoms. The molecule has 1 aliphatic rings. The Morgan fingerprint density at radius 2 is 2.25 bits per heavy atom. The molecule has 1 aromatic heterocycles. The molecule has 2 unspecified atom stereocenters. The van der Waals surface area contributed by atoms with Gasteiger partial charge in [-0.2, -0.15) is 0 Å². The molecule has 1 saturated heterocycles. The molecular formula is C13H14N2O4S. The van der Waals surface area contributed by atoms with Gasteiger partial charge in [-0.25, -0.2) is 9.59 Å². The average molecular weight is 294 g/mol. The van der Waals surface area contributed by atoms with Gasteiger partial charge in [-0.05, 0) is 17.7 Å². The van der Waals surface area contributed by atoms with Crippen LogP contribution in [0.4, 0.5) is 4.79 Å². The zero-order valence-corrected chi connectivity index (χ0v) is 11.5. The molecule has 6 nitrogen and oxygen atoms in total. The van der Waals surface area contributed by atoms with E-state index in [-0.39, 0.29) is 12.0 Å². The van der Waals surface area contributed by atoms with Crippen molar-refractivity contribution >= 4 is 23.8 Å². The fourth-order valence-electron chi connectivity index (χ4n) is 1.91. The second-order valence-electron chi connectivity index (χ2n) is 4.09. The van der Waals surface area contributed by atoms with Gasteiger partial charge in [-0.3, -0.25) is 9.88 Å². The summed E-state index contributed by atoms with van der Waals surface area (Å²) < 4.78 is 4.98. The number of aliphatic carboxylic acids is 1. The molecule has 0 aliphatic carbocycles. The first kappa shape index (κ1) is 14.4. The highest BCUT2D eigenvalue weighted by Crippen LogP contribution is 2.41. The lowest BCUT2D eigenvalue weighted by Gasteiger charge is -2.26. The lowest BCUT2D eigenvalue weighted by atomic mass is 10.2. The van der Waals surface area contributed by atoms with E-state index < -0.39 is 18.1 Å². The molecule has 0 bridgehead atoms. The van der Waals surface area contributed by atoms with Gasteiger partial charge in [0.1, 0.15) is 18.0 Å². The Kier molecular flexibility index (Phi) is 4.62. The van der Waals surface area contributed by atoms with Crippen LogP contribution in [0.1, 0.15) is 10.9 Å². The van der Waals surface area contributed by atoms with Crippen LogP contribution in [-0.2, 0) is 9.53 Å². The Morgan fingerprint density at radius 3 is 2.85 bits per heavy atom. The van der Waals surface area contributed by atoms with Gasteiger partial charge >= 0.3 is 12.1 Å². The van der Waals surface area contributed by atoms with Gasteiger partial charge in [0.05, 0.1) is 0 Å². The van der Waals surface area contributed by atoms with Crippen LogP contribution in [0.25, 0.3) is 0 Å². The van der Waals surface area contributed by atoms with Crippen molar-refractivity contribution < 1.29 is 19.4 Å². The van der Waals surface area contributed by atoms with E-state index in [2.05, 4.69) is 11.6 Å². The Bertz CT molecular complexity index is 508. The number of pyridine rings is 1. The minimum absolute atomic E-state index is 0.0510. The second-order valence-corrected chi connectivity index (χ2v) is 5.21. The lowest BCUT2D eigenvalue weighted by molar-refractivity contribution is -0.141. The Balaban J connectivity index is 2.25. The van der Waals surface area contributed by atoms with E-state index in [1.807, 2.05) is 0 Å². The van der Waals surface area contributed by atoms with Crippen molar-refractivity contribution in [2.75, 3.05) is 12.4 Å². The molecule has 2 rings (SSSR count). The molecule has 1 aromatic rings. The normalized spacial score (nSPS) is 21.5. The lowest BCUT2D eigenvalue weighted by Crippen LogP contribution is -2.43. The number of amides is 1. The first-order chi connectivity index (χ1) is 9.65. The number of aromatic nitrogens is 1. The highest BCUT2D eigenvalue weighted by Gasteiger charge is 2.43. The summed E-state index contributed by atoms with van der Waals surface area (Å²) in [5, 5.41) is 8.85. The highest BCUT2D eigenvalue weighted by molar-refractivity contribution is 7.99. The molecule has 0 saturated carbocycles. The van der Waals surface area contributed by atoms with Crippen molar-refractivity contribution in [3.63, 3.8) is 0 Å². The predicted octanol–water partition coefficient (Wildman–Crippen LogP) is 1.90. The third-order valence-electron chi connectivity index (χ3n) is 2.81. The van der Waals surface area contributed by atoms with E-state index in [4.69, 9.17) is 4.74 Å². The molecule has 1 amide bonds. The van der Waals surface area contributed by atoms with Crippen LogP contribution in [0.3, 0.4) is 0 Å². The standard InChI is InChI=1S/C13H14N2O4S/c1-2-7-19-13(18)15-10(12(16)17)8-20-11(15)9-3-5-14-6-4-9/h2-6,10-11H,1,7-8H2,(H,16,17). The Labute approximate surface area is 120 Å². The summed E-state index contributed by atoms with van der Waals surface area (Å²) in [4.78, 5) is 28.5. The van der Waals surface area contributed by atoms with Crippen LogP contribution in [0, 0.1) is 0 Å². The van der Waals surface area contributed by atoms with Crippen molar-refractivity contribution in [1.82, 2.24) is 9.88 Å². The van der Waals surface area contributed by atoms with Gasteiger partial charge in [0.2, 0.25) is 0 Å². The van der Waals surface area contributed by atoms with Gasteiger partial charge in [0, 0.05) is 18.1 Å². The topological polar surface area (TPSA) is 79.7 Å².